The van der Waals surface area contributed by atoms with Gasteiger partial charge in [0.1, 0.15) is 12.1 Å². The Morgan fingerprint density at radius 1 is 1.12 bits per heavy atom. The number of ketones is 2. The molecule has 4 amide bonds. The molecule has 5 aliphatic rings. The fourth-order valence-corrected chi connectivity index (χ4v) is 9.34. The van der Waals surface area contributed by atoms with Crippen LogP contribution < -0.4 is 10.0 Å². The number of amides is 4. The van der Waals surface area contributed by atoms with Crippen LogP contribution in [0.4, 0.5) is 9.59 Å². The standard InChI is InChI=1S/C40H52N4O11S/c1-6-26-18-40(26,36(48)42-56(51,52)28-13-14-28)19-34(46)32-16-27-21-44(32)35(47)30(39(3,4)5)17-33(45)31(41-37(49)54-7-2)23-53-15-9-12-24-10-8-11-25-20-43(22-29(24)25)38(50)55-27/h6,8-12,26-28,30-32H,1,7,13-23H2,2-5H3,(H,41,49)(H,42,48)/b12-9+/t26-,27-,30-,31+,32+,40-/m1/s1. The largest absolute Gasteiger partial charge is 0.450 e. The van der Waals surface area contributed by atoms with Crippen molar-refractivity contribution in [1.82, 2.24) is 19.8 Å². The maximum Gasteiger partial charge on any atom is 0.410 e. The number of carbonyl (C=O) groups is 6. The molecule has 3 aliphatic heterocycles. The highest BCUT2D eigenvalue weighted by molar-refractivity contribution is 7.90. The molecule has 0 spiro atoms. The molecule has 1 saturated heterocycles. The molecule has 16 heteroatoms. The summed E-state index contributed by atoms with van der Waals surface area (Å²) in [4.78, 5) is 85.8. The van der Waals surface area contributed by atoms with Crippen LogP contribution in [0.15, 0.2) is 36.9 Å². The highest BCUT2D eigenvalue weighted by Crippen LogP contribution is 2.57. The van der Waals surface area contributed by atoms with Crippen molar-refractivity contribution in [2.75, 3.05) is 26.4 Å². The van der Waals surface area contributed by atoms with E-state index < -0.39 is 91.7 Å². The van der Waals surface area contributed by atoms with E-state index in [1.165, 1.54) is 11.0 Å². The van der Waals surface area contributed by atoms with Gasteiger partial charge in [-0.25, -0.2) is 18.0 Å². The van der Waals surface area contributed by atoms with Crippen LogP contribution in [0.2, 0.25) is 0 Å². The normalized spacial score (nSPS) is 29.0. The molecule has 56 heavy (non-hydrogen) atoms. The fourth-order valence-electron chi connectivity index (χ4n) is 7.96. The zero-order valence-electron chi connectivity index (χ0n) is 32.4. The quantitative estimate of drug-likeness (QED) is 0.347. The van der Waals surface area contributed by atoms with Crippen LogP contribution in [0.25, 0.3) is 6.08 Å². The van der Waals surface area contributed by atoms with Crippen LogP contribution in [0.1, 0.15) is 82.9 Å². The van der Waals surface area contributed by atoms with Crippen LogP contribution in [0.5, 0.6) is 0 Å². The predicted molar refractivity (Wildman–Crippen MR) is 203 cm³/mol. The Labute approximate surface area is 327 Å². The van der Waals surface area contributed by atoms with Gasteiger partial charge in [0.05, 0.1) is 49.6 Å². The Kier molecular flexibility index (Phi) is 11.8. The van der Waals surface area contributed by atoms with Crippen molar-refractivity contribution >= 4 is 51.7 Å². The second-order valence-electron chi connectivity index (χ2n) is 16.6. The molecule has 0 unspecified atom stereocenters. The molecule has 15 nitrogen and oxygen atoms in total. The van der Waals surface area contributed by atoms with E-state index in [1.807, 2.05) is 24.3 Å². The van der Waals surface area contributed by atoms with Gasteiger partial charge in [-0.15, -0.1) is 6.58 Å². The van der Waals surface area contributed by atoms with E-state index in [0.29, 0.717) is 19.4 Å². The number of fused-ring (bicyclic) bond motifs is 3. The molecule has 6 rings (SSSR count). The smallest absolute Gasteiger partial charge is 0.410 e. The summed E-state index contributed by atoms with van der Waals surface area (Å²) >= 11 is 0. The molecule has 2 aliphatic carbocycles. The summed E-state index contributed by atoms with van der Waals surface area (Å²) in [7, 11) is -3.90. The van der Waals surface area contributed by atoms with E-state index in [4.69, 9.17) is 14.2 Å². The van der Waals surface area contributed by atoms with Crippen molar-refractivity contribution in [3.05, 3.63) is 53.6 Å². The monoisotopic (exact) mass is 796 g/mol. The van der Waals surface area contributed by atoms with Gasteiger partial charge in [0.2, 0.25) is 21.8 Å². The van der Waals surface area contributed by atoms with Crippen molar-refractivity contribution in [2.45, 2.75) is 103 Å². The Bertz CT molecular complexity index is 1920. The summed E-state index contributed by atoms with van der Waals surface area (Å²) < 4.78 is 44.6. The summed E-state index contributed by atoms with van der Waals surface area (Å²) in [6.07, 6.45) is 3.18. The number of ether oxygens (including phenoxy) is 3. The van der Waals surface area contributed by atoms with Gasteiger partial charge in [-0.3, -0.25) is 28.8 Å². The third-order valence-corrected chi connectivity index (χ3v) is 13.3. The molecule has 1 aromatic carbocycles. The molecule has 4 bridgehead atoms. The number of benzene rings is 1. The van der Waals surface area contributed by atoms with Gasteiger partial charge in [-0.1, -0.05) is 57.2 Å². The first kappa shape index (κ1) is 41.1. The van der Waals surface area contributed by atoms with E-state index in [-0.39, 0.29) is 58.6 Å². The predicted octanol–water partition coefficient (Wildman–Crippen LogP) is 3.65. The number of Topliss-reactive ketones (excluding diaryl/α,β-unsaturated/α-hetero) is 2. The Balaban J connectivity index is 1.32. The van der Waals surface area contributed by atoms with E-state index in [0.717, 1.165) is 16.7 Å². The van der Waals surface area contributed by atoms with Gasteiger partial charge in [-0.2, -0.15) is 0 Å². The number of nitrogens with one attached hydrogen (secondary N) is 2. The maximum absolute atomic E-state index is 14.7. The number of hydrogen-bond donors (Lipinski definition) is 2. The summed E-state index contributed by atoms with van der Waals surface area (Å²) in [5, 5.41) is 1.92. The molecule has 2 saturated carbocycles. The molecular formula is C40H52N4O11S. The van der Waals surface area contributed by atoms with Gasteiger partial charge in [0, 0.05) is 31.7 Å². The first-order valence-electron chi connectivity index (χ1n) is 19.3. The van der Waals surface area contributed by atoms with E-state index in [2.05, 4.69) is 16.6 Å². The molecule has 1 aromatic rings. The SMILES string of the molecule is C=C[C@@H]1C[C@]1(CC(=O)[C@@H]1C[C@@H]2CN1C(=O)[C@H](C(C)(C)C)CC(=O)[C@@H](NC(=O)OCC)COC/C=C/c1cccc3c1CN(C3)C(=O)O2)C(=O)NS(=O)(=O)C1CC1. The number of sulfonamides is 1. The third kappa shape index (κ3) is 8.85. The van der Waals surface area contributed by atoms with Gasteiger partial charge < -0.3 is 24.4 Å². The minimum absolute atomic E-state index is 0.0619. The van der Waals surface area contributed by atoms with Gasteiger partial charge in [0.25, 0.3) is 0 Å². The summed E-state index contributed by atoms with van der Waals surface area (Å²) in [6.45, 7) is 11.2. The lowest BCUT2D eigenvalue weighted by Crippen LogP contribution is -2.50. The fraction of sp³-hybridized carbons (Fsp3) is 0.600. The lowest BCUT2D eigenvalue weighted by atomic mass is 9.76. The Morgan fingerprint density at radius 3 is 2.54 bits per heavy atom. The van der Waals surface area contributed by atoms with Crippen molar-refractivity contribution in [3.63, 3.8) is 0 Å². The van der Waals surface area contributed by atoms with E-state index in [1.54, 1.807) is 38.7 Å². The lowest BCUT2D eigenvalue weighted by Gasteiger charge is -2.35. The summed E-state index contributed by atoms with van der Waals surface area (Å²) in [6, 6.07) is 3.41. The number of nitrogens with zero attached hydrogens (tertiary/aromatic N) is 2. The Hall–Kier alpha value is -4.57. The minimum atomic E-state index is -3.90. The first-order chi connectivity index (χ1) is 26.5. The lowest BCUT2D eigenvalue weighted by molar-refractivity contribution is -0.146. The minimum Gasteiger partial charge on any atom is -0.450 e. The zero-order chi connectivity index (χ0) is 40.6. The van der Waals surface area contributed by atoms with Gasteiger partial charge >= 0.3 is 12.2 Å². The molecule has 3 fully saturated rings. The van der Waals surface area contributed by atoms with Crippen LogP contribution in [-0.4, -0.2) is 104 Å². The number of hydrogen-bond acceptors (Lipinski definition) is 11. The van der Waals surface area contributed by atoms with Crippen LogP contribution >= 0.6 is 0 Å². The van der Waals surface area contributed by atoms with E-state index in [9.17, 15) is 37.2 Å². The molecule has 6 atom stereocenters. The molecular weight excluding hydrogens is 745 g/mol. The highest BCUT2D eigenvalue weighted by Gasteiger charge is 2.61. The van der Waals surface area contributed by atoms with Crippen LogP contribution in [-0.2, 0) is 56.5 Å². The summed E-state index contributed by atoms with van der Waals surface area (Å²) in [5.41, 5.74) is 0.532. The number of carbonyl (C=O) groups excluding carboxylic acids is 6. The molecule has 304 valence electrons. The van der Waals surface area contributed by atoms with Crippen molar-refractivity contribution < 1.29 is 51.4 Å². The molecule has 2 N–H and O–H groups in total. The van der Waals surface area contributed by atoms with Gasteiger partial charge in [0.15, 0.2) is 11.6 Å². The Morgan fingerprint density at radius 2 is 1.88 bits per heavy atom. The first-order valence-corrected chi connectivity index (χ1v) is 20.8. The molecule has 0 aromatic heterocycles. The van der Waals surface area contributed by atoms with Crippen LogP contribution in [0.3, 0.4) is 0 Å². The average molecular weight is 797 g/mol. The molecule has 3 heterocycles. The highest BCUT2D eigenvalue weighted by atomic mass is 32.2. The zero-order valence-corrected chi connectivity index (χ0v) is 33.2. The average Bonchev–Trinajstić information content (AvgIpc) is 4.02. The second-order valence-corrected chi connectivity index (χ2v) is 18.5. The number of alkyl carbamates (subject to hydrolysis) is 1. The van der Waals surface area contributed by atoms with E-state index >= 15 is 0 Å². The third-order valence-electron chi connectivity index (χ3n) is 11.5. The van der Waals surface area contributed by atoms with Gasteiger partial charge in [-0.05, 0) is 54.2 Å². The van der Waals surface area contributed by atoms with Crippen molar-refractivity contribution in [2.24, 2.45) is 22.7 Å². The molecule has 0 radical (unpaired) electrons. The number of rotatable bonds is 9. The maximum atomic E-state index is 14.7. The van der Waals surface area contributed by atoms with Crippen molar-refractivity contribution in [1.29, 1.82) is 0 Å². The van der Waals surface area contributed by atoms with Crippen molar-refractivity contribution in [3.8, 4) is 0 Å². The second kappa shape index (κ2) is 16.1. The topological polar surface area (TPSA) is 195 Å². The number of allylic oxidation sites excluding steroid dienone is 1. The van der Waals surface area contributed by atoms with Crippen LogP contribution in [0, 0.1) is 22.7 Å². The summed E-state index contributed by atoms with van der Waals surface area (Å²) in [5.74, 6) is -3.77.